The zero-order valence-electron chi connectivity index (χ0n) is 15.2. The Hall–Kier alpha value is -3.28. The van der Waals surface area contributed by atoms with E-state index < -0.39 is 0 Å². The Morgan fingerprint density at radius 1 is 1.19 bits per heavy atom. The molecule has 138 valence electrons. The molecule has 27 heavy (non-hydrogen) atoms. The Labute approximate surface area is 158 Å². The molecule has 4 rings (SSSR count). The van der Waals surface area contributed by atoms with Gasteiger partial charge in [-0.1, -0.05) is 18.2 Å². The van der Waals surface area contributed by atoms with Crippen LogP contribution in [-0.4, -0.2) is 42.3 Å². The Balaban J connectivity index is 1.39. The second kappa shape index (κ2) is 7.53. The standard InChI is InChI=1S/C21H22N4O2/c1-27-18-9-7-15(8-10-18)19-13-20(24-23-19)25-12-11-17(14-25)22-21(26)16-5-3-2-4-6-16/h2-10,13,17H,11-12,14H2,1H3,(H,22,26)(H,23,24)/t17-/m1/s1. The number of H-pyrrole nitrogens is 1. The first-order chi connectivity index (χ1) is 13.2. The largest absolute Gasteiger partial charge is 0.497 e. The van der Waals surface area contributed by atoms with E-state index in [1.165, 1.54) is 0 Å². The molecule has 0 bridgehead atoms. The molecule has 1 aliphatic rings. The lowest BCUT2D eigenvalue weighted by molar-refractivity contribution is 0.0940. The molecule has 2 aromatic carbocycles. The number of aromatic nitrogens is 2. The summed E-state index contributed by atoms with van der Waals surface area (Å²) in [4.78, 5) is 14.5. The molecule has 6 nitrogen and oxygen atoms in total. The monoisotopic (exact) mass is 362 g/mol. The second-order valence-corrected chi connectivity index (χ2v) is 6.64. The molecule has 2 N–H and O–H groups in total. The van der Waals surface area contributed by atoms with Crippen molar-refractivity contribution in [2.75, 3.05) is 25.1 Å². The molecule has 1 aliphatic heterocycles. The van der Waals surface area contributed by atoms with Gasteiger partial charge in [-0.15, -0.1) is 0 Å². The van der Waals surface area contributed by atoms with Crippen LogP contribution in [0.3, 0.4) is 0 Å². The van der Waals surface area contributed by atoms with Crippen molar-refractivity contribution < 1.29 is 9.53 Å². The number of carbonyl (C=O) groups is 1. The third kappa shape index (κ3) is 3.79. The highest BCUT2D eigenvalue weighted by atomic mass is 16.5. The van der Waals surface area contributed by atoms with Crippen LogP contribution in [0.5, 0.6) is 5.75 Å². The van der Waals surface area contributed by atoms with Crippen molar-refractivity contribution in [3.63, 3.8) is 0 Å². The number of carbonyl (C=O) groups excluding carboxylic acids is 1. The minimum absolute atomic E-state index is 0.0246. The molecule has 0 aliphatic carbocycles. The van der Waals surface area contributed by atoms with Crippen molar-refractivity contribution in [1.82, 2.24) is 15.5 Å². The molecule has 6 heteroatoms. The highest BCUT2D eigenvalue weighted by Crippen LogP contribution is 2.26. The first-order valence-electron chi connectivity index (χ1n) is 9.03. The van der Waals surface area contributed by atoms with Gasteiger partial charge in [0, 0.05) is 30.8 Å². The van der Waals surface area contributed by atoms with Gasteiger partial charge in [0.2, 0.25) is 0 Å². The molecule has 1 fully saturated rings. The van der Waals surface area contributed by atoms with E-state index in [0.717, 1.165) is 42.3 Å². The number of hydrogen-bond acceptors (Lipinski definition) is 4. The summed E-state index contributed by atoms with van der Waals surface area (Å²) in [7, 11) is 1.66. The van der Waals surface area contributed by atoms with Crippen molar-refractivity contribution in [3.05, 3.63) is 66.2 Å². The molecule has 0 unspecified atom stereocenters. The molecular weight excluding hydrogens is 340 g/mol. The van der Waals surface area contributed by atoms with Gasteiger partial charge in [0.1, 0.15) is 5.75 Å². The minimum Gasteiger partial charge on any atom is -0.497 e. The predicted molar refractivity (Wildman–Crippen MR) is 105 cm³/mol. The molecule has 2 heterocycles. The zero-order chi connectivity index (χ0) is 18.6. The summed E-state index contributed by atoms with van der Waals surface area (Å²) in [6, 6.07) is 19.4. The van der Waals surface area contributed by atoms with Crippen LogP contribution in [-0.2, 0) is 0 Å². The summed E-state index contributed by atoms with van der Waals surface area (Å²) < 4.78 is 5.20. The van der Waals surface area contributed by atoms with E-state index in [1.807, 2.05) is 60.7 Å². The average Bonchev–Trinajstić information content (AvgIpc) is 3.38. The second-order valence-electron chi connectivity index (χ2n) is 6.64. The lowest BCUT2D eigenvalue weighted by Crippen LogP contribution is -2.37. The van der Waals surface area contributed by atoms with Gasteiger partial charge >= 0.3 is 0 Å². The van der Waals surface area contributed by atoms with E-state index in [4.69, 9.17) is 4.74 Å². The number of hydrogen-bond donors (Lipinski definition) is 2. The number of aromatic amines is 1. The molecule has 0 spiro atoms. The fourth-order valence-electron chi connectivity index (χ4n) is 3.34. The number of nitrogens with zero attached hydrogens (tertiary/aromatic N) is 2. The molecule has 1 saturated heterocycles. The summed E-state index contributed by atoms with van der Waals surface area (Å²) in [5, 5.41) is 10.7. The maximum absolute atomic E-state index is 12.3. The van der Waals surface area contributed by atoms with Crippen LogP contribution in [0.4, 0.5) is 5.82 Å². The number of amides is 1. The summed E-state index contributed by atoms with van der Waals surface area (Å²) >= 11 is 0. The van der Waals surface area contributed by atoms with E-state index in [-0.39, 0.29) is 11.9 Å². The maximum Gasteiger partial charge on any atom is 0.251 e. The van der Waals surface area contributed by atoms with Crippen molar-refractivity contribution in [3.8, 4) is 17.0 Å². The van der Waals surface area contributed by atoms with E-state index in [0.29, 0.717) is 5.56 Å². The van der Waals surface area contributed by atoms with Crippen molar-refractivity contribution in [1.29, 1.82) is 0 Å². The molecular formula is C21H22N4O2. The zero-order valence-corrected chi connectivity index (χ0v) is 15.2. The van der Waals surface area contributed by atoms with Gasteiger partial charge in [-0.05, 0) is 48.4 Å². The van der Waals surface area contributed by atoms with Gasteiger partial charge in [0.05, 0.1) is 12.8 Å². The van der Waals surface area contributed by atoms with Gasteiger partial charge in [0.15, 0.2) is 5.82 Å². The topological polar surface area (TPSA) is 70.2 Å². The highest BCUT2D eigenvalue weighted by molar-refractivity contribution is 5.94. The Morgan fingerprint density at radius 3 is 2.70 bits per heavy atom. The van der Waals surface area contributed by atoms with Crippen LogP contribution in [0.25, 0.3) is 11.3 Å². The van der Waals surface area contributed by atoms with Crippen molar-refractivity contribution in [2.45, 2.75) is 12.5 Å². The van der Waals surface area contributed by atoms with Gasteiger partial charge in [-0.25, -0.2) is 0 Å². The predicted octanol–water partition coefficient (Wildman–Crippen LogP) is 3.09. The number of benzene rings is 2. The Kier molecular flexibility index (Phi) is 4.78. The van der Waals surface area contributed by atoms with E-state index in [9.17, 15) is 4.79 Å². The number of nitrogens with one attached hydrogen (secondary N) is 2. The summed E-state index contributed by atoms with van der Waals surface area (Å²) in [5.41, 5.74) is 2.71. The number of anilines is 1. The fraction of sp³-hybridized carbons (Fsp3) is 0.238. The molecule has 1 atom stereocenters. The number of ether oxygens (including phenoxy) is 1. The average molecular weight is 362 g/mol. The van der Waals surface area contributed by atoms with Crippen molar-refractivity contribution >= 4 is 11.7 Å². The highest BCUT2D eigenvalue weighted by Gasteiger charge is 2.26. The van der Waals surface area contributed by atoms with Crippen molar-refractivity contribution in [2.24, 2.45) is 0 Å². The SMILES string of the molecule is COc1ccc(-c2cc(N3CC[C@@H](NC(=O)c4ccccc4)C3)n[nH]2)cc1. The van der Waals surface area contributed by atoms with Crippen LogP contribution in [0.2, 0.25) is 0 Å². The van der Waals surface area contributed by atoms with Crippen LogP contribution >= 0.6 is 0 Å². The third-order valence-corrected chi connectivity index (χ3v) is 4.85. The molecule has 0 saturated carbocycles. The fourth-order valence-corrected chi connectivity index (χ4v) is 3.34. The van der Waals surface area contributed by atoms with Crippen LogP contribution in [0.15, 0.2) is 60.7 Å². The van der Waals surface area contributed by atoms with Gasteiger partial charge < -0.3 is 15.0 Å². The first-order valence-corrected chi connectivity index (χ1v) is 9.03. The Morgan fingerprint density at radius 2 is 1.96 bits per heavy atom. The van der Waals surface area contributed by atoms with E-state index >= 15 is 0 Å². The lowest BCUT2D eigenvalue weighted by atomic mass is 10.1. The van der Waals surface area contributed by atoms with Gasteiger partial charge in [0.25, 0.3) is 5.91 Å². The van der Waals surface area contributed by atoms with E-state index in [1.54, 1.807) is 7.11 Å². The lowest BCUT2D eigenvalue weighted by Gasteiger charge is -2.16. The van der Waals surface area contributed by atoms with Crippen LogP contribution in [0, 0.1) is 0 Å². The Bertz CT molecular complexity index is 905. The first kappa shape index (κ1) is 17.1. The smallest absolute Gasteiger partial charge is 0.251 e. The summed E-state index contributed by atoms with van der Waals surface area (Å²) in [6.07, 6.45) is 0.906. The van der Waals surface area contributed by atoms with Crippen LogP contribution in [0.1, 0.15) is 16.8 Å². The summed E-state index contributed by atoms with van der Waals surface area (Å²) in [6.45, 7) is 1.62. The quantitative estimate of drug-likeness (QED) is 0.732. The molecule has 0 radical (unpaired) electrons. The number of rotatable bonds is 5. The van der Waals surface area contributed by atoms with E-state index in [2.05, 4.69) is 20.4 Å². The summed E-state index contributed by atoms with van der Waals surface area (Å²) in [5.74, 6) is 1.70. The minimum atomic E-state index is -0.0246. The molecule has 1 amide bonds. The maximum atomic E-state index is 12.3. The number of methoxy groups -OCH3 is 1. The molecule has 1 aromatic heterocycles. The van der Waals surface area contributed by atoms with Crippen LogP contribution < -0.4 is 15.0 Å². The van der Waals surface area contributed by atoms with Gasteiger partial charge in [-0.2, -0.15) is 5.10 Å². The molecule has 3 aromatic rings. The third-order valence-electron chi connectivity index (χ3n) is 4.85. The van der Waals surface area contributed by atoms with Gasteiger partial charge in [-0.3, -0.25) is 9.89 Å². The normalized spacial score (nSPS) is 16.3.